The summed E-state index contributed by atoms with van der Waals surface area (Å²) in [6.07, 6.45) is 0.787. The molecule has 4 rings (SSSR count). The molecule has 2 aromatic carbocycles. The van der Waals surface area contributed by atoms with Gasteiger partial charge in [-0.25, -0.2) is 9.59 Å². The van der Waals surface area contributed by atoms with Gasteiger partial charge >= 0.3 is 11.7 Å². The summed E-state index contributed by atoms with van der Waals surface area (Å²) < 4.78 is 13.1. The van der Waals surface area contributed by atoms with Gasteiger partial charge in [0.2, 0.25) is 0 Å². The number of para-hydroxylation sites is 1. The summed E-state index contributed by atoms with van der Waals surface area (Å²) in [4.78, 5) is 39.3. The molecular weight excluding hydrogens is 436 g/mol. The van der Waals surface area contributed by atoms with Crippen molar-refractivity contribution in [1.29, 1.82) is 0 Å². The number of aryl methyl sites for hydroxylation is 1. The number of aromatic amines is 1. The van der Waals surface area contributed by atoms with E-state index in [2.05, 4.69) is 14.8 Å². The lowest BCUT2D eigenvalue weighted by Gasteiger charge is -2.14. The van der Waals surface area contributed by atoms with E-state index >= 15 is 0 Å². The first-order valence-electron chi connectivity index (χ1n) is 10.6. The SMILES string of the molecule is COC(=O)[C@H](C)Oc1ccc(-n2c(C)cc(C=Nn3c(=O)[nH]c4ccccc4c3=O)c2C)cc1. The molecule has 0 spiro atoms. The molecule has 1 N–H and O–H groups in total. The van der Waals surface area contributed by atoms with Crippen LogP contribution in [0.4, 0.5) is 0 Å². The molecule has 174 valence electrons. The number of carbonyl (C=O) groups is 1. The quantitative estimate of drug-likeness (QED) is 0.352. The minimum atomic E-state index is -0.713. The summed E-state index contributed by atoms with van der Waals surface area (Å²) in [6, 6.07) is 16.0. The molecule has 2 aromatic heterocycles. The maximum Gasteiger partial charge on any atom is 0.349 e. The van der Waals surface area contributed by atoms with Crippen molar-refractivity contribution >= 4 is 23.1 Å². The second-order valence-electron chi connectivity index (χ2n) is 7.78. The number of esters is 1. The Bertz CT molecular complexity index is 1510. The number of benzene rings is 2. The third kappa shape index (κ3) is 4.27. The van der Waals surface area contributed by atoms with Gasteiger partial charge in [0, 0.05) is 22.6 Å². The molecule has 0 amide bonds. The lowest BCUT2D eigenvalue weighted by molar-refractivity contribution is -0.147. The number of nitrogens with zero attached hydrogens (tertiary/aromatic N) is 3. The zero-order valence-corrected chi connectivity index (χ0v) is 19.2. The molecule has 9 nitrogen and oxygen atoms in total. The smallest absolute Gasteiger partial charge is 0.349 e. The minimum Gasteiger partial charge on any atom is -0.479 e. The van der Waals surface area contributed by atoms with E-state index in [-0.39, 0.29) is 0 Å². The van der Waals surface area contributed by atoms with Gasteiger partial charge in [0.15, 0.2) is 6.10 Å². The lowest BCUT2D eigenvalue weighted by Crippen LogP contribution is -2.32. The first-order valence-corrected chi connectivity index (χ1v) is 10.6. The molecule has 0 fully saturated rings. The van der Waals surface area contributed by atoms with Crippen LogP contribution in [0.15, 0.2) is 69.3 Å². The lowest BCUT2D eigenvalue weighted by atomic mass is 10.2. The summed E-state index contributed by atoms with van der Waals surface area (Å²) >= 11 is 0. The van der Waals surface area contributed by atoms with Crippen molar-refractivity contribution in [1.82, 2.24) is 14.2 Å². The molecule has 0 saturated carbocycles. The topological polar surface area (TPSA) is 108 Å². The highest BCUT2D eigenvalue weighted by atomic mass is 16.6. The van der Waals surface area contributed by atoms with Crippen LogP contribution in [0.1, 0.15) is 23.9 Å². The minimum absolute atomic E-state index is 0.383. The molecule has 34 heavy (non-hydrogen) atoms. The number of nitrogens with one attached hydrogen (secondary N) is 1. The molecule has 2 heterocycles. The van der Waals surface area contributed by atoms with Crippen LogP contribution in [-0.4, -0.2) is 39.6 Å². The zero-order valence-electron chi connectivity index (χ0n) is 19.2. The molecule has 0 aliphatic rings. The Balaban J connectivity index is 1.63. The third-order valence-electron chi connectivity index (χ3n) is 5.51. The van der Waals surface area contributed by atoms with E-state index in [1.165, 1.54) is 13.3 Å². The molecule has 9 heteroatoms. The summed E-state index contributed by atoms with van der Waals surface area (Å²) in [5, 5.41) is 4.55. The number of H-pyrrole nitrogens is 1. The van der Waals surface area contributed by atoms with Crippen LogP contribution in [0.2, 0.25) is 0 Å². The predicted octanol–water partition coefficient (Wildman–Crippen LogP) is 2.92. The van der Waals surface area contributed by atoms with Crippen LogP contribution in [0.5, 0.6) is 5.75 Å². The second-order valence-corrected chi connectivity index (χ2v) is 7.78. The summed E-state index contributed by atoms with van der Waals surface area (Å²) in [5.74, 6) is 0.0928. The number of aromatic nitrogens is 3. The van der Waals surface area contributed by atoms with Crippen LogP contribution < -0.4 is 16.0 Å². The van der Waals surface area contributed by atoms with Gasteiger partial charge in [-0.3, -0.25) is 4.79 Å². The summed E-state index contributed by atoms with van der Waals surface area (Å²) in [5.41, 5.74) is 2.84. The summed E-state index contributed by atoms with van der Waals surface area (Å²) in [6.45, 7) is 5.49. The molecule has 4 aromatic rings. The standard InChI is InChI=1S/C25H24N4O5/c1-15-13-18(14-26-29-23(30)21-7-5-6-8-22(21)27-25(29)32)16(2)28(15)19-9-11-20(12-10-19)34-17(3)24(31)33-4/h5-14,17H,1-4H3,(H,27,32)/t17-/m0/s1. The van der Waals surface area contributed by atoms with Crippen molar-refractivity contribution in [2.75, 3.05) is 7.11 Å². The maximum absolute atomic E-state index is 12.7. The van der Waals surface area contributed by atoms with Gasteiger partial charge in [0.05, 0.1) is 24.2 Å². The van der Waals surface area contributed by atoms with E-state index in [9.17, 15) is 14.4 Å². The molecule has 1 atom stereocenters. The third-order valence-corrected chi connectivity index (χ3v) is 5.51. The van der Waals surface area contributed by atoms with Gasteiger partial charge in [-0.1, -0.05) is 12.1 Å². The monoisotopic (exact) mass is 460 g/mol. The van der Waals surface area contributed by atoms with E-state index in [0.29, 0.717) is 16.7 Å². The number of ether oxygens (including phenoxy) is 2. The number of hydrogen-bond donors (Lipinski definition) is 1. The highest BCUT2D eigenvalue weighted by molar-refractivity contribution is 5.82. The van der Waals surface area contributed by atoms with E-state index in [4.69, 9.17) is 4.74 Å². The fraction of sp³-hybridized carbons (Fsp3) is 0.200. The van der Waals surface area contributed by atoms with E-state index in [0.717, 1.165) is 27.3 Å². The Labute approximate surface area is 194 Å². The molecule has 0 aliphatic heterocycles. The molecule has 0 unspecified atom stereocenters. The Hall–Kier alpha value is -4.40. The number of rotatable bonds is 6. The fourth-order valence-electron chi connectivity index (χ4n) is 3.79. The Kier molecular flexibility index (Phi) is 6.18. The first kappa shape index (κ1) is 22.8. The number of hydrogen-bond acceptors (Lipinski definition) is 6. The first-order chi connectivity index (χ1) is 16.3. The fourth-order valence-corrected chi connectivity index (χ4v) is 3.79. The van der Waals surface area contributed by atoms with Gasteiger partial charge in [-0.15, -0.1) is 4.68 Å². The zero-order chi connectivity index (χ0) is 24.4. The largest absolute Gasteiger partial charge is 0.479 e. The van der Waals surface area contributed by atoms with E-state index in [1.807, 2.05) is 36.6 Å². The van der Waals surface area contributed by atoms with Crippen molar-refractivity contribution in [3.05, 3.63) is 92.4 Å². The Morgan fingerprint density at radius 3 is 2.50 bits per heavy atom. The average Bonchev–Trinajstić information content (AvgIpc) is 3.11. The molecule has 0 radical (unpaired) electrons. The van der Waals surface area contributed by atoms with Crippen LogP contribution in [0.25, 0.3) is 16.6 Å². The predicted molar refractivity (Wildman–Crippen MR) is 129 cm³/mol. The average molecular weight is 460 g/mol. The van der Waals surface area contributed by atoms with Gasteiger partial charge < -0.3 is 19.0 Å². The molecule has 0 aliphatic carbocycles. The van der Waals surface area contributed by atoms with Gasteiger partial charge in [-0.2, -0.15) is 5.10 Å². The van der Waals surface area contributed by atoms with Crippen molar-refractivity contribution in [2.45, 2.75) is 26.9 Å². The van der Waals surface area contributed by atoms with E-state index < -0.39 is 23.3 Å². The number of fused-ring (bicyclic) bond motifs is 1. The van der Waals surface area contributed by atoms with Crippen LogP contribution in [-0.2, 0) is 9.53 Å². The summed E-state index contributed by atoms with van der Waals surface area (Å²) in [7, 11) is 1.32. The highest BCUT2D eigenvalue weighted by Crippen LogP contribution is 2.22. The van der Waals surface area contributed by atoms with Crippen LogP contribution >= 0.6 is 0 Å². The van der Waals surface area contributed by atoms with Crippen molar-refractivity contribution in [3.63, 3.8) is 0 Å². The van der Waals surface area contributed by atoms with Crippen LogP contribution in [0, 0.1) is 13.8 Å². The second kappa shape index (κ2) is 9.22. The number of methoxy groups -OCH3 is 1. The Morgan fingerprint density at radius 2 is 1.79 bits per heavy atom. The highest BCUT2D eigenvalue weighted by Gasteiger charge is 2.15. The molecule has 0 bridgehead atoms. The number of carbonyl (C=O) groups excluding carboxylic acids is 1. The normalized spacial score (nSPS) is 12.2. The molecule has 0 saturated heterocycles. The van der Waals surface area contributed by atoms with Crippen LogP contribution in [0.3, 0.4) is 0 Å². The van der Waals surface area contributed by atoms with Crippen molar-refractivity contribution in [2.24, 2.45) is 5.10 Å². The molecular formula is C25H24N4O5. The van der Waals surface area contributed by atoms with E-state index in [1.54, 1.807) is 43.3 Å². The van der Waals surface area contributed by atoms with Crippen molar-refractivity contribution < 1.29 is 14.3 Å². The van der Waals surface area contributed by atoms with Crippen molar-refractivity contribution in [3.8, 4) is 11.4 Å². The maximum atomic E-state index is 12.7. The van der Waals surface area contributed by atoms with Gasteiger partial charge in [0.25, 0.3) is 5.56 Å². The van der Waals surface area contributed by atoms with Gasteiger partial charge in [-0.05, 0) is 63.2 Å². The Morgan fingerprint density at radius 1 is 1.09 bits per heavy atom. The van der Waals surface area contributed by atoms with Gasteiger partial charge in [0.1, 0.15) is 5.75 Å².